The van der Waals surface area contributed by atoms with Gasteiger partial charge < -0.3 is 4.74 Å². The van der Waals surface area contributed by atoms with E-state index in [1.165, 1.54) is 11.4 Å². The molecule has 1 rings (SSSR count). The van der Waals surface area contributed by atoms with Crippen LogP contribution in [0.3, 0.4) is 0 Å². The SMILES string of the molecule is CCN(CC(=O)OC)S(=O)(=O)C1CC1. The van der Waals surface area contributed by atoms with Gasteiger partial charge in [-0.05, 0) is 12.8 Å². The minimum Gasteiger partial charge on any atom is -0.468 e. The summed E-state index contributed by atoms with van der Waals surface area (Å²) in [6.45, 7) is 1.85. The lowest BCUT2D eigenvalue weighted by Crippen LogP contribution is -2.38. The van der Waals surface area contributed by atoms with Gasteiger partial charge in [0.15, 0.2) is 0 Å². The summed E-state index contributed by atoms with van der Waals surface area (Å²) in [6, 6.07) is 0. The topological polar surface area (TPSA) is 63.7 Å². The van der Waals surface area contributed by atoms with Crippen molar-refractivity contribution in [1.82, 2.24) is 4.31 Å². The smallest absolute Gasteiger partial charge is 0.321 e. The van der Waals surface area contributed by atoms with Crippen molar-refractivity contribution in [2.75, 3.05) is 20.2 Å². The summed E-state index contributed by atoms with van der Waals surface area (Å²) in [5, 5.41) is -0.271. The molecule has 0 saturated heterocycles. The Hall–Kier alpha value is -0.620. The first-order valence-corrected chi connectivity index (χ1v) is 6.08. The molecule has 1 saturated carbocycles. The van der Waals surface area contributed by atoms with Crippen LogP contribution in [0.25, 0.3) is 0 Å². The van der Waals surface area contributed by atoms with Crippen molar-refractivity contribution in [2.45, 2.75) is 25.0 Å². The van der Waals surface area contributed by atoms with Crippen LogP contribution in [0.5, 0.6) is 0 Å². The Balaban J connectivity index is 2.65. The standard InChI is InChI=1S/C8H15NO4S/c1-3-9(6-8(10)13-2)14(11,12)7-4-5-7/h7H,3-6H2,1-2H3. The first-order chi connectivity index (χ1) is 6.52. The number of rotatable bonds is 5. The third-order valence-corrected chi connectivity index (χ3v) is 4.61. The molecule has 0 bridgehead atoms. The molecule has 82 valence electrons. The number of esters is 1. The van der Waals surface area contributed by atoms with Crippen molar-refractivity contribution >= 4 is 16.0 Å². The quantitative estimate of drug-likeness (QED) is 0.612. The zero-order chi connectivity index (χ0) is 10.8. The monoisotopic (exact) mass is 221 g/mol. The van der Waals surface area contributed by atoms with Gasteiger partial charge in [0.2, 0.25) is 10.0 Å². The molecule has 6 heteroatoms. The van der Waals surface area contributed by atoms with Crippen molar-refractivity contribution in [3.8, 4) is 0 Å². The lowest BCUT2D eigenvalue weighted by atomic mass is 10.6. The average molecular weight is 221 g/mol. The Morgan fingerprint density at radius 2 is 2.07 bits per heavy atom. The van der Waals surface area contributed by atoms with E-state index in [9.17, 15) is 13.2 Å². The molecule has 5 nitrogen and oxygen atoms in total. The second-order valence-electron chi connectivity index (χ2n) is 3.25. The Kier molecular flexibility index (Phi) is 3.49. The predicted molar refractivity (Wildman–Crippen MR) is 51.2 cm³/mol. The molecule has 0 spiro atoms. The van der Waals surface area contributed by atoms with Gasteiger partial charge in [-0.2, -0.15) is 4.31 Å². The van der Waals surface area contributed by atoms with Crippen molar-refractivity contribution < 1.29 is 17.9 Å². The Labute approximate surface area is 84.1 Å². The lowest BCUT2D eigenvalue weighted by molar-refractivity contribution is -0.140. The maximum Gasteiger partial charge on any atom is 0.321 e. The number of likely N-dealkylation sites (N-methyl/N-ethyl adjacent to an activating group) is 1. The van der Waals surface area contributed by atoms with Crippen LogP contribution in [0.2, 0.25) is 0 Å². The molecule has 0 aromatic rings. The number of nitrogens with zero attached hydrogens (tertiary/aromatic N) is 1. The highest BCUT2D eigenvalue weighted by molar-refractivity contribution is 7.90. The van der Waals surface area contributed by atoms with Gasteiger partial charge in [-0.1, -0.05) is 6.92 Å². The molecule has 0 heterocycles. The second-order valence-corrected chi connectivity index (χ2v) is 5.46. The molecular weight excluding hydrogens is 206 g/mol. The number of carbonyl (C=O) groups is 1. The normalized spacial score (nSPS) is 17.1. The third-order valence-electron chi connectivity index (χ3n) is 2.19. The van der Waals surface area contributed by atoms with Crippen molar-refractivity contribution in [2.24, 2.45) is 0 Å². The fraction of sp³-hybridized carbons (Fsp3) is 0.875. The van der Waals surface area contributed by atoms with Crippen LogP contribution in [0.15, 0.2) is 0 Å². The minimum absolute atomic E-state index is 0.175. The summed E-state index contributed by atoms with van der Waals surface area (Å²) in [5.41, 5.74) is 0. The molecule has 1 fully saturated rings. The molecule has 0 amide bonds. The van der Waals surface area contributed by atoms with Gasteiger partial charge in [0, 0.05) is 6.54 Å². The number of hydrogen-bond acceptors (Lipinski definition) is 4. The van der Waals surface area contributed by atoms with Crippen LogP contribution < -0.4 is 0 Å². The zero-order valence-electron chi connectivity index (χ0n) is 8.39. The lowest BCUT2D eigenvalue weighted by Gasteiger charge is -2.18. The van der Waals surface area contributed by atoms with E-state index in [1.807, 2.05) is 0 Å². The summed E-state index contributed by atoms with van der Waals surface area (Å²) < 4.78 is 29.0. The molecule has 0 aliphatic heterocycles. The number of carbonyl (C=O) groups excluding carboxylic acids is 1. The maximum atomic E-state index is 11.7. The molecule has 0 aromatic carbocycles. The Morgan fingerprint density at radius 1 is 1.50 bits per heavy atom. The summed E-state index contributed by atoms with van der Waals surface area (Å²) in [4.78, 5) is 10.9. The third kappa shape index (κ3) is 2.45. The van der Waals surface area contributed by atoms with Crippen molar-refractivity contribution in [3.05, 3.63) is 0 Å². The van der Waals surface area contributed by atoms with Crippen LogP contribution in [-0.2, 0) is 19.6 Å². The molecular formula is C8H15NO4S. The van der Waals surface area contributed by atoms with E-state index in [-0.39, 0.29) is 11.8 Å². The van der Waals surface area contributed by atoms with E-state index in [0.717, 1.165) is 0 Å². The van der Waals surface area contributed by atoms with E-state index in [1.54, 1.807) is 6.92 Å². The fourth-order valence-electron chi connectivity index (χ4n) is 1.17. The van der Waals surface area contributed by atoms with Gasteiger partial charge in [0.25, 0.3) is 0 Å². The summed E-state index contributed by atoms with van der Waals surface area (Å²) in [5.74, 6) is -0.518. The Bertz CT molecular complexity index is 307. The van der Waals surface area contributed by atoms with Gasteiger partial charge in [-0.25, -0.2) is 8.42 Å². The van der Waals surface area contributed by atoms with E-state index in [0.29, 0.717) is 19.4 Å². The molecule has 1 aliphatic rings. The number of hydrogen-bond donors (Lipinski definition) is 0. The number of sulfonamides is 1. The molecule has 0 aromatic heterocycles. The first-order valence-electron chi connectivity index (χ1n) is 4.58. The molecule has 1 aliphatic carbocycles. The van der Waals surface area contributed by atoms with E-state index in [2.05, 4.69) is 4.74 Å². The fourth-order valence-corrected chi connectivity index (χ4v) is 2.97. The highest BCUT2D eigenvalue weighted by Crippen LogP contribution is 2.30. The van der Waals surface area contributed by atoms with Gasteiger partial charge in [-0.3, -0.25) is 4.79 Å². The maximum absolute atomic E-state index is 11.7. The highest BCUT2D eigenvalue weighted by Gasteiger charge is 2.40. The van der Waals surface area contributed by atoms with E-state index >= 15 is 0 Å². The van der Waals surface area contributed by atoms with Crippen LogP contribution in [-0.4, -0.2) is 44.1 Å². The summed E-state index contributed by atoms with van der Waals surface area (Å²) in [6.07, 6.45) is 1.42. The zero-order valence-corrected chi connectivity index (χ0v) is 9.21. The van der Waals surface area contributed by atoms with Gasteiger partial charge in [-0.15, -0.1) is 0 Å². The predicted octanol–water partition coefficient (Wildman–Crippen LogP) is -0.0265. The first kappa shape index (κ1) is 11.5. The summed E-state index contributed by atoms with van der Waals surface area (Å²) in [7, 11) is -2.00. The highest BCUT2D eigenvalue weighted by atomic mass is 32.2. The number of methoxy groups -OCH3 is 1. The minimum atomic E-state index is -3.25. The van der Waals surface area contributed by atoms with Crippen LogP contribution in [0, 0.1) is 0 Å². The van der Waals surface area contributed by atoms with Crippen LogP contribution >= 0.6 is 0 Å². The molecule has 0 unspecified atom stereocenters. The molecule has 14 heavy (non-hydrogen) atoms. The van der Waals surface area contributed by atoms with Crippen molar-refractivity contribution in [3.63, 3.8) is 0 Å². The van der Waals surface area contributed by atoms with Gasteiger partial charge in [0.05, 0.1) is 12.4 Å². The largest absolute Gasteiger partial charge is 0.468 e. The average Bonchev–Trinajstić information content (AvgIpc) is 2.96. The molecule has 0 atom stereocenters. The second kappa shape index (κ2) is 4.27. The number of ether oxygens (including phenoxy) is 1. The van der Waals surface area contributed by atoms with Crippen LogP contribution in [0.1, 0.15) is 19.8 Å². The van der Waals surface area contributed by atoms with Crippen LogP contribution in [0.4, 0.5) is 0 Å². The van der Waals surface area contributed by atoms with Gasteiger partial charge in [0.1, 0.15) is 6.54 Å². The Morgan fingerprint density at radius 3 is 2.43 bits per heavy atom. The summed E-state index contributed by atoms with van der Waals surface area (Å²) >= 11 is 0. The molecule has 0 N–H and O–H groups in total. The molecule has 0 radical (unpaired) electrons. The van der Waals surface area contributed by atoms with E-state index in [4.69, 9.17) is 0 Å². The van der Waals surface area contributed by atoms with Gasteiger partial charge >= 0.3 is 5.97 Å². The van der Waals surface area contributed by atoms with Crippen molar-refractivity contribution in [1.29, 1.82) is 0 Å². The van der Waals surface area contributed by atoms with E-state index < -0.39 is 16.0 Å².